The van der Waals surface area contributed by atoms with Crippen LogP contribution >= 0.6 is 11.3 Å². The highest BCUT2D eigenvalue weighted by molar-refractivity contribution is 7.15. The van der Waals surface area contributed by atoms with Crippen LogP contribution in [0.4, 0.5) is 5.69 Å². The lowest BCUT2D eigenvalue weighted by Gasteiger charge is -2.04. The first-order chi connectivity index (χ1) is 19.9. The van der Waals surface area contributed by atoms with Crippen LogP contribution in [0.15, 0.2) is 94.6 Å². The summed E-state index contributed by atoms with van der Waals surface area (Å²) in [5, 5.41) is 20.7. The molecule has 0 bridgehead atoms. The number of nitro benzene ring substituents is 1. The summed E-state index contributed by atoms with van der Waals surface area (Å²) in [5.41, 5.74) is 2.06. The molecule has 0 fully saturated rings. The number of nitrogens with zero attached hydrogens (tertiary/aromatic N) is 6. The molecule has 0 saturated heterocycles. The van der Waals surface area contributed by atoms with Crippen LogP contribution in [0.1, 0.15) is 16.8 Å². The molecule has 6 rings (SSSR count). The average Bonchev–Trinajstić information content (AvgIpc) is 3.54. The minimum Gasteiger partial charge on any atom is -0.490 e. The summed E-state index contributed by atoms with van der Waals surface area (Å²) in [7, 11) is 1.36. The Labute approximate surface area is 235 Å². The molecule has 3 aromatic heterocycles. The fourth-order valence-electron chi connectivity index (χ4n) is 4.39. The third-order valence-electron chi connectivity index (χ3n) is 6.36. The highest BCUT2D eigenvalue weighted by Crippen LogP contribution is 2.33. The molecule has 12 heteroatoms. The van der Waals surface area contributed by atoms with E-state index in [4.69, 9.17) is 9.84 Å². The first-order valence-electron chi connectivity index (χ1n) is 12.4. The molecule has 0 unspecified atom stereocenters. The molecule has 0 atom stereocenters. The van der Waals surface area contributed by atoms with Crippen molar-refractivity contribution in [3.63, 3.8) is 0 Å². The van der Waals surface area contributed by atoms with Crippen molar-refractivity contribution in [1.29, 1.82) is 0 Å². The van der Waals surface area contributed by atoms with Gasteiger partial charge in [-0.25, -0.2) is 4.68 Å². The van der Waals surface area contributed by atoms with Crippen LogP contribution in [0.2, 0.25) is 0 Å². The number of hydrogen-bond acceptors (Lipinski definition) is 9. The number of methoxy groups -OCH3 is 1. The van der Waals surface area contributed by atoms with Gasteiger partial charge in [0.15, 0.2) is 5.75 Å². The standard InChI is InChI=1S/C29H20N6O5S/c1-40-24-13-12-19(15-23(24)35(38)39)26-20(17-33(32-26)21-10-6-3-7-11-21)16-25-28(37)34-29(41-25)30-27(36)22(31-34)14-18-8-4-2-5-9-18/h2-13,15-17H,14H2,1H3/b25-16-. The maximum Gasteiger partial charge on any atom is 0.311 e. The molecule has 0 saturated carbocycles. The summed E-state index contributed by atoms with van der Waals surface area (Å²) in [4.78, 5) is 41.5. The van der Waals surface area contributed by atoms with Crippen molar-refractivity contribution in [2.24, 2.45) is 0 Å². The van der Waals surface area contributed by atoms with Gasteiger partial charge < -0.3 is 4.74 Å². The van der Waals surface area contributed by atoms with E-state index in [0.717, 1.165) is 27.1 Å². The molecule has 0 aliphatic carbocycles. The molecule has 3 aromatic carbocycles. The number of fused-ring (bicyclic) bond motifs is 1. The van der Waals surface area contributed by atoms with E-state index in [0.29, 0.717) is 16.8 Å². The highest BCUT2D eigenvalue weighted by atomic mass is 32.1. The van der Waals surface area contributed by atoms with E-state index >= 15 is 0 Å². The van der Waals surface area contributed by atoms with Gasteiger partial charge >= 0.3 is 5.69 Å². The topological polar surface area (TPSA) is 135 Å². The number of para-hydroxylation sites is 1. The molecule has 41 heavy (non-hydrogen) atoms. The lowest BCUT2D eigenvalue weighted by atomic mass is 10.1. The van der Waals surface area contributed by atoms with Gasteiger partial charge in [0.2, 0.25) is 4.96 Å². The first-order valence-corrected chi connectivity index (χ1v) is 13.2. The molecule has 202 valence electrons. The Morgan fingerprint density at radius 2 is 1.73 bits per heavy atom. The Morgan fingerprint density at radius 3 is 2.44 bits per heavy atom. The molecule has 0 radical (unpaired) electrons. The Morgan fingerprint density at radius 1 is 1.00 bits per heavy atom. The highest BCUT2D eigenvalue weighted by Gasteiger charge is 2.20. The first kappa shape index (κ1) is 25.8. The number of nitro groups is 1. The Bertz CT molecular complexity index is 2090. The van der Waals surface area contributed by atoms with Gasteiger partial charge in [-0.15, -0.1) is 0 Å². The quantitative estimate of drug-likeness (QED) is 0.213. The van der Waals surface area contributed by atoms with Gasteiger partial charge in [0.05, 0.1) is 22.3 Å². The molecule has 6 aromatic rings. The summed E-state index contributed by atoms with van der Waals surface area (Å²) >= 11 is 1.03. The van der Waals surface area contributed by atoms with Crippen LogP contribution in [0.5, 0.6) is 5.75 Å². The molecule has 3 heterocycles. The smallest absolute Gasteiger partial charge is 0.311 e. The molecule has 0 amide bonds. The van der Waals surface area contributed by atoms with Gasteiger partial charge in [-0.2, -0.15) is 19.7 Å². The van der Waals surface area contributed by atoms with E-state index < -0.39 is 16.0 Å². The van der Waals surface area contributed by atoms with E-state index in [2.05, 4.69) is 10.1 Å². The monoisotopic (exact) mass is 564 g/mol. The van der Waals surface area contributed by atoms with Gasteiger partial charge in [-0.1, -0.05) is 59.9 Å². The largest absolute Gasteiger partial charge is 0.490 e. The van der Waals surface area contributed by atoms with Crippen molar-refractivity contribution in [1.82, 2.24) is 24.4 Å². The van der Waals surface area contributed by atoms with E-state index in [1.54, 1.807) is 23.0 Å². The average molecular weight is 565 g/mol. The van der Waals surface area contributed by atoms with E-state index in [9.17, 15) is 19.7 Å². The lowest BCUT2D eigenvalue weighted by molar-refractivity contribution is -0.385. The van der Waals surface area contributed by atoms with E-state index in [1.807, 2.05) is 60.7 Å². The number of thiazole rings is 1. The zero-order valence-corrected chi connectivity index (χ0v) is 22.3. The van der Waals surface area contributed by atoms with Gasteiger partial charge in [0.1, 0.15) is 11.4 Å². The van der Waals surface area contributed by atoms with Crippen LogP contribution in [-0.2, 0) is 6.42 Å². The second-order valence-corrected chi connectivity index (χ2v) is 10.0. The second-order valence-electron chi connectivity index (χ2n) is 8.99. The Balaban J connectivity index is 1.51. The van der Waals surface area contributed by atoms with Crippen molar-refractivity contribution in [3.8, 4) is 22.7 Å². The number of ether oxygens (including phenoxy) is 1. The summed E-state index contributed by atoms with van der Waals surface area (Å²) in [6.07, 6.45) is 3.60. The fourth-order valence-corrected chi connectivity index (χ4v) is 5.29. The molecule has 11 nitrogen and oxygen atoms in total. The van der Waals surface area contributed by atoms with E-state index in [1.165, 1.54) is 19.2 Å². The molecular weight excluding hydrogens is 544 g/mol. The van der Waals surface area contributed by atoms with Crippen LogP contribution < -0.4 is 20.4 Å². The predicted octanol–water partition coefficient (Wildman–Crippen LogP) is 3.42. The predicted molar refractivity (Wildman–Crippen MR) is 154 cm³/mol. The Hall–Kier alpha value is -5.49. The van der Waals surface area contributed by atoms with Gasteiger partial charge in [-0.05, 0) is 35.9 Å². The molecule has 0 aliphatic heterocycles. The summed E-state index contributed by atoms with van der Waals surface area (Å²) < 4.78 is 8.19. The van der Waals surface area contributed by atoms with E-state index in [-0.39, 0.29) is 33.0 Å². The van der Waals surface area contributed by atoms with Crippen LogP contribution in [0.25, 0.3) is 28.0 Å². The third-order valence-corrected chi connectivity index (χ3v) is 7.32. The maximum atomic E-state index is 13.4. The van der Waals surface area contributed by atoms with Crippen molar-refractivity contribution in [3.05, 3.63) is 137 Å². The number of benzene rings is 3. The Kier molecular flexibility index (Phi) is 6.65. The normalized spacial score (nSPS) is 11.7. The maximum absolute atomic E-state index is 13.4. The van der Waals surface area contributed by atoms with Crippen molar-refractivity contribution < 1.29 is 9.66 Å². The number of hydrogen-bond donors (Lipinski definition) is 0. The summed E-state index contributed by atoms with van der Waals surface area (Å²) in [6, 6.07) is 23.2. The van der Waals surface area contributed by atoms with Gasteiger partial charge in [-0.3, -0.25) is 19.7 Å². The summed E-state index contributed by atoms with van der Waals surface area (Å²) in [5.74, 6) is 0.117. The fraction of sp³-hybridized carbons (Fsp3) is 0.0690. The lowest BCUT2D eigenvalue weighted by Crippen LogP contribution is -2.28. The molecule has 0 spiro atoms. The number of rotatable bonds is 7. The number of aromatic nitrogens is 5. The SMILES string of the molecule is COc1ccc(-c2nn(-c3ccccc3)cc2/C=c2\sc3nc(=O)c(Cc4ccccc4)nn3c2=O)cc1[N+](=O)[O-]. The third kappa shape index (κ3) is 4.99. The van der Waals surface area contributed by atoms with Gasteiger partial charge in [0, 0.05) is 29.8 Å². The zero-order valence-electron chi connectivity index (χ0n) is 21.5. The van der Waals surface area contributed by atoms with Crippen LogP contribution in [-0.4, -0.2) is 36.4 Å². The zero-order chi connectivity index (χ0) is 28.5. The molecule has 0 N–H and O–H groups in total. The second kappa shape index (κ2) is 10.6. The van der Waals surface area contributed by atoms with Crippen LogP contribution in [0.3, 0.4) is 0 Å². The van der Waals surface area contributed by atoms with Gasteiger partial charge in [0.25, 0.3) is 11.1 Å². The van der Waals surface area contributed by atoms with Crippen molar-refractivity contribution in [2.75, 3.05) is 7.11 Å². The van der Waals surface area contributed by atoms with Crippen molar-refractivity contribution >= 4 is 28.1 Å². The minimum atomic E-state index is -0.525. The minimum absolute atomic E-state index is 0.117. The molecular formula is C29H20N6O5S. The molecule has 0 aliphatic rings. The van der Waals surface area contributed by atoms with Crippen LogP contribution in [0, 0.1) is 10.1 Å². The van der Waals surface area contributed by atoms with Crippen molar-refractivity contribution in [2.45, 2.75) is 6.42 Å². The summed E-state index contributed by atoms with van der Waals surface area (Å²) in [6.45, 7) is 0.